The molecule has 0 saturated carbocycles. The molecule has 2 N–H and O–H groups in total. The minimum atomic E-state index is -0.565. The lowest BCUT2D eigenvalue weighted by atomic mass is 10.1. The number of fused-ring (bicyclic) bond motifs is 1. The van der Waals surface area contributed by atoms with Crippen molar-refractivity contribution in [1.29, 1.82) is 0 Å². The van der Waals surface area contributed by atoms with Crippen molar-refractivity contribution in [3.63, 3.8) is 0 Å². The Morgan fingerprint density at radius 1 is 0.911 bits per heavy atom. The van der Waals surface area contributed by atoms with Crippen molar-refractivity contribution in [2.24, 2.45) is 0 Å². The fourth-order valence-electron chi connectivity index (χ4n) is 5.12. The lowest BCUT2D eigenvalue weighted by Crippen LogP contribution is -2.33. The van der Waals surface area contributed by atoms with Gasteiger partial charge in [-0.2, -0.15) is 4.98 Å². The van der Waals surface area contributed by atoms with Gasteiger partial charge in [0.05, 0.1) is 19.7 Å². The third-order valence-corrected chi connectivity index (χ3v) is 7.38. The molecule has 4 aromatic rings. The molecule has 2 heterocycles. The Morgan fingerprint density at radius 2 is 1.51 bits per heavy atom. The number of aryl methyl sites for hydroxylation is 2. The number of imidazole rings is 1. The minimum absolute atomic E-state index is 0.0788. The number of ether oxygens (including phenoxy) is 3. The van der Waals surface area contributed by atoms with Crippen LogP contribution in [0.5, 0.6) is 17.5 Å². The van der Waals surface area contributed by atoms with Gasteiger partial charge in [-0.25, -0.2) is 9.78 Å². The van der Waals surface area contributed by atoms with E-state index in [2.05, 4.69) is 46.4 Å². The van der Waals surface area contributed by atoms with Gasteiger partial charge in [-0.1, -0.05) is 44.0 Å². The van der Waals surface area contributed by atoms with Crippen molar-refractivity contribution < 1.29 is 24.1 Å². The standard InChI is InChI=1S/C35H47N5O5/c1-7-8-9-11-27-22-30-31(38-33(41)40(30)21-10-20-36-34(42)45-35(2,3)4)32(37-27)39(23-25-12-16-28(43-5)17-13-25)24-26-14-18-29(44-6)19-15-26/h12-19,22H,7-11,20-21,23-24H2,1-6H3,(H,36,42)(H,38,41). The summed E-state index contributed by atoms with van der Waals surface area (Å²) in [5.41, 5.74) is 4.02. The molecule has 0 fully saturated rings. The fourth-order valence-corrected chi connectivity index (χ4v) is 5.12. The topological polar surface area (TPSA) is 111 Å². The van der Waals surface area contributed by atoms with E-state index in [9.17, 15) is 9.90 Å². The van der Waals surface area contributed by atoms with Crippen LogP contribution in [0.15, 0.2) is 54.6 Å². The molecule has 0 radical (unpaired) electrons. The summed E-state index contributed by atoms with van der Waals surface area (Å²) in [6.07, 6.45) is 4.19. The molecule has 0 aliphatic carbocycles. The molecular weight excluding hydrogens is 570 g/mol. The van der Waals surface area contributed by atoms with E-state index in [4.69, 9.17) is 19.2 Å². The summed E-state index contributed by atoms with van der Waals surface area (Å²) in [5, 5.41) is 13.9. The van der Waals surface area contributed by atoms with Crippen molar-refractivity contribution in [3.05, 3.63) is 71.4 Å². The smallest absolute Gasteiger partial charge is 0.407 e. The lowest BCUT2D eigenvalue weighted by molar-refractivity contribution is 0.0526. The maximum Gasteiger partial charge on any atom is 0.407 e. The molecule has 0 bridgehead atoms. The van der Waals surface area contributed by atoms with Gasteiger partial charge < -0.3 is 29.5 Å². The number of pyridine rings is 1. The first kappa shape index (κ1) is 33.4. The van der Waals surface area contributed by atoms with Crippen LogP contribution < -0.4 is 19.7 Å². The Kier molecular flexibility index (Phi) is 11.5. The average Bonchev–Trinajstić information content (AvgIpc) is 3.33. The summed E-state index contributed by atoms with van der Waals surface area (Å²) >= 11 is 0. The van der Waals surface area contributed by atoms with Crippen LogP contribution in [-0.2, 0) is 30.8 Å². The van der Waals surface area contributed by atoms with Crippen LogP contribution in [0.3, 0.4) is 0 Å². The molecular formula is C35H47N5O5. The van der Waals surface area contributed by atoms with Crippen LogP contribution in [0.4, 0.5) is 10.6 Å². The summed E-state index contributed by atoms with van der Waals surface area (Å²) in [6, 6.07) is 18.0. The summed E-state index contributed by atoms with van der Waals surface area (Å²) in [6.45, 7) is 9.69. The average molecular weight is 618 g/mol. The lowest BCUT2D eigenvalue weighted by Gasteiger charge is -2.25. The molecule has 45 heavy (non-hydrogen) atoms. The second kappa shape index (κ2) is 15.5. The Bertz CT molecular complexity index is 1480. The van der Waals surface area contributed by atoms with E-state index in [0.717, 1.165) is 59.5 Å². The largest absolute Gasteiger partial charge is 0.497 e. The number of alkyl carbamates (subject to hydrolysis) is 1. The van der Waals surface area contributed by atoms with E-state index in [1.165, 1.54) is 0 Å². The Morgan fingerprint density at radius 3 is 2.04 bits per heavy atom. The minimum Gasteiger partial charge on any atom is -0.497 e. The highest BCUT2D eigenvalue weighted by Crippen LogP contribution is 2.32. The summed E-state index contributed by atoms with van der Waals surface area (Å²) in [5.74, 6) is 2.30. The number of amides is 1. The maximum atomic E-state index is 12.1. The third kappa shape index (κ3) is 9.51. The second-order valence-corrected chi connectivity index (χ2v) is 12.2. The maximum absolute atomic E-state index is 12.1. The SMILES string of the molecule is CCCCCc1cc2c(nc(O)n2CCCNC(=O)OC(C)(C)C)c(N(Cc2ccc(OC)cc2)Cc2ccc(OC)cc2)n1. The highest BCUT2D eigenvalue weighted by molar-refractivity contribution is 5.88. The molecule has 10 heteroatoms. The van der Waals surface area contributed by atoms with Gasteiger partial charge in [0.1, 0.15) is 22.6 Å². The fraction of sp³-hybridized carbons (Fsp3) is 0.457. The quantitative estimate of drug-likeness (QED) is 0.137. The van der Waals surface area contributed by atoms with Crippen LogP contribution in [0.25, 0.3) is 11.0 Å². The number of hydrogen-bond acceptors (Lipinski definition) is 8. The molecule has 0 atom stereocenters. The molecule has 2 aromatic carbocycles. The molecule has 1 amide bonds. The van der Waals surface area contributed by atoms with Gasteiger partial charge in [0.15, 0.2) is 5.82 Å². The van der Waals surface area contributed by atoms with E-state index >= 15 is 0 Å². The number of nitrogens with zero attached hydrogens (tertiary/aromatic N) is 4. The van der Waals surface area contributed by atoms with E-state index in [0.29, 0.717) is 43.9 Å². The highest BCUT2D eigenvalue weighted by atomic mass is 16.6. The molecule has 0 unspecified atom stereocenters. The van der Waals surface area contributed by atoms with Gasteiger partial charge in [-0.3, -0.25) is 4.57 Å². The van der Waals surface area contributed by atoms with Crippen LogP contribution in [-0.4, -0.2) is 52.1 Å². The summed E-state index contributed by atoms with van der Waals surface area (Å²) in [4.78, 5) is 24.1. The number of benzene rings is 2. The second-order valence-electron chi connectivity index (χ2n) is 12.2. The Labute approximate surface area is 266 Å². The van der Waals surface area contributed by atoms with Gasteiger partial charge >= 0.3 is 6.09 Å². The zero-order valence-electron chi connectivity index (χ0n) is 27.4. The number of hydrogen-bond donors (Lipinski definition) is 2. The van der Waals surface area contributed by atoms with E-state index in [1.807, 2.05) is 51.1 Å². The monoisotopic (exact) mass is 617 g/mol. The van der Waals surface area contributed by atoms with E-state index < -0.39 is 11.7 Å². The zero-order chi connectivity index (χ0) is 32.4. The van der Waals surface area contributed by atoms with Gasteiger partial charge in [0.2, 0.25) is 0 Å². The molecule has 2 aromatic heterocycles. The number of nitrogens with one attached hydrogen (secondary N) is 1. The first-order valence-corrected chi connectivity index (χ1v) is 15.7. The van der Waals surface area contributed by atoms with Crippen molar-refractivity contribution in [1.82, 2.24) is 19.9 Å². The van der Waals surface area contributed by atoms with Gasteiger partial charge in [-0.05, 0) is 81.5 Å². The predicted molar refractivity (Wildman–Crippen MR) is 177 cm³/mol. The summed E-state index contributed by atoms with van der Waals surface area (Å²) < 4.78 is 17.9. The number of carbonyl (C=O) groups excluding carboxylic acids is 1. The number of rotatable bonds is 15. The molecule has 0 aliphatic heterocycles. The van der Waals surface area contributed by atoms with Crippen molar-refractivity contribution in [2.75, 3.05) is 25.7 Å². The van der Waals surface area contributed by atoms with Crippen molar-refractivity contribution in [3.8, 4) is 17.5 Å². The van der Waals surface area contributed by atoms with Crippen molar-refractivity contribution in [2.45, 2.75) is 85.0 Å². The molecule has 10 nitrogen and oxygen atoms in total. The normalized spacial score (nSPS) is 11.4. The number of aromatic nitrogens is 3. The van der Waals surface area contributed by atoms with Crippen LogP contribution in [0.2, 0.25) is 0 Å². The Balaban J connectivity index is 1.69. The first-order chi connectivity index (χ1) is 21.6. The Hall–Kier alpha value is -4.47. The molecule has 0 saturated heterocycles. The third-order valence-electron chi connectivity index (χ3n) is 7.38. The number of anilines is 1. The first-order valence-electron chi connectivity index (χ1n) is 15.7. The van der Waals surface area contributed by atoms with Crippen LogP contribution in [0, 0.1) is 0 Å². The molecule has 0 spiro atoms. The predicted octanol–water partition coefficient (Wildman–Crippen LogP) is 7.01. The van der Waals surface area contributed by atoms with Crippen molar-refractivity contribution >= 4 is 22.9 Å². The molecule has 4 rings (SSSR count). The van der Waals surface area contributed by atoms with E-state index in [-0.39, 0.29) is 6.01 Å². The van der Waals surface area contributed by atoms with Gasteiger partial charge in [0.25, 0.3) is 6.01 Å². The molecule has 242 valence electrons. The molecule has 0 aliphatic rings. The number of methoxy groups -OCH3 is 2. The number of unbranched alkanes of at least 4 members (excludes halogenated alkanes) is 2. The van der Waals surface area contributed by atoms with Gasteiger partial charge in [-0.15, -0.1) is 0 Å². The van der Waals surface area contributed by atoms with E-state index in [1.54, 1.807) is 18.8 Å². The summed E-state index contributed by atoms with van der Waals surface area (Å²) in [7, 11) is 3.32. The highest BCUT2D eigenvalue weighted by Gasteiger charge is 2.22. The zero-order valence-corrected chi connectivity index (χ0v) is 27.4. The number of carbonyl (C=O) groups is 1. The van der Waals surface area contributed by atoms with Crippen LogP contribution >= 0.6 is 0 Å². The van der Waals surface area contributed by atoms with Crippen LogP contribution in [0.1, 0.15) is 70.2 Å². The van der Waals surface area contributed by atoms with Gasteiger partial charge in [0, 0.05) is 31.9 Å². The number of aromatic hydroxyl groups is 1.